The minimum atomic E-state index is -0.125. The lowest BCUT2D eigenvalue weighted by molar-refractivity contribution is 0.0932. The summed E-state index contributed by atoms with van der Waals surface area (Å²) in [5.74, 6) is 2.62. The third-order valence-corrected chi connectivity index (χ3v) is 6.38. The SMILES string of the molecule is O=C(NCc1ccccc1)c1nnc2n1C[C@@H]1CN(C3CCC3)C[C@@H]1C2. The van der Waals surface area contributed by atoms with Crippen LogP contribution in [-0.4, -0.2) is 44.7 Å². The molecule has 0 unspecified atom stereocenters. The third kappa shape index (κ3) is 2.82. The number of hydrogen-bond donors (Lipinski definition) is 1. The lowest BCUT2D eigenvalue weighted by Crippen LogP contribution is -2.38. The minimum Gasteiger partial charge on any atom is -0.345 e. The Bertz CT molecular complexity index is 798. The van der Waals surface area contributed by atoms with Crippen molar-refractivity contribution in [3.8, 4) is 0 Å². The van der Waals surface area contributed by atoms with E-state index in [0.717, 1.165) is 36.9 Å². The standard InChI is InChI=1S/C20H25N5O/c26-20(21-10-14-5-2-1-3-6-14)19-23-22-18-9-15-11-24(17-7-4-8-17)12-16(15)13-25(18)19/h1-3,5-6,15-17H,4,7-13H2,(H,21,26)/t15-,16-/m0/s1. The summed E-state index contributed by atoms with van der Waals surface area (Å²) in [5, 5.41) is 11.5. The van der Waals surface area contributed by atoms with Gasteiger partial charge in [-0.2, -0.15) is 0 Å². The number of rotatable bonds is 4. The molecule has 1 saturated heterocycles. The Morgan fingerprint density at radius 3 is 2.65 bits per heavy atom. The molecule has 2 fully saturated rings. The van der Waals surface area contributed by atoms with Crippen LogP contribution in [0.2, 0.25) is 0 Å². The number of nitrogens with zero attached hydrogens (tertiary/aromatic N) is 4. The number of nitrogens with one attached hydrogen (secondary N) is 1. The van der Waals surface area contributed by atoms with Gasteiger partial charge in [0.15, 0.2) is 0 Å². The number of amides is 1. The van der Waals surface area contributed by atoms with Crippen molar-refractivity contribution in [2.75, 3.05) is 13.1 Å². The summed E-state index contributed by atoms with van der Waals surface area (Å²) in [7, 11) is 0. The summed E-state index contributed by atoms with van der Waals surface area (Å²) < 4.78 is 2.06. The molecule has 6 heteroatoms. The van der Waals surface area contributed by atoms with E-state index in [9.17, 15) is 4.79 Å². The summed E-state index contributed by atoms with van der Waals surface area (Å²) >= 11 is 0. The zero-order chi connectivity index (χ0) is 17.5. The van der Waals surface area contributed by atoms with E-state index in [1.807, 2.05) is 30.3 Å². The highest BCUT2D eigenvalue weighted by molar-refractivity contribution is 5.90. The van der Waals surface area contributed by atoms with Gasteiger partial charge in [0, 0.05) is 38.6 Å². The van der Waals surface area contributed by atoms with Gasteiger partial charge in [0.25, 0.3) is 5.91 Å². The molecule has 1 aromatic carbocycles. The van der Waals surface area contributed by atoms with E-state index in [1.54, 1.807) is 0 Å². The molecule has 3 aliphatic rings. The summed E-state index contributed by atoms with van der Waals surface area (Å²) in [6.45, 7) is 3.75. The number of benzene rings is 1. The zero-order valence-corrected chi connectivity index (χ0v) is 15.0. The fourth-order valence-corrected chi connectivity index (χ4v) is 4.64. The third-order valence-electron chi connectivity index (χ3n) is 6.38. The second-order valence-corrected chi connectivity index (χ2v) is 7.98. The van der Waals surface area contributed by atoms with Crippen molar-refractivity contribution >= 4 is 5.91 Å². The first-order valence-electron chi connectivity index (χ1n) is 9.76. The second kappa shape index (κ2) is 6.50. The van der Waals surface area contributed by atoms with Gasteiger partial charge in [0.1, 0.15) is 5.82 Å². The van der Waals surface area contributed by atoms with Crippen molar-refractivity contribution in [1.82, 2.24) is 25.0 Å². The number of likely N-dealkylation sites (tertiary alicyclic amines) is 1. The van der Waals surface area contributed by atoms with Gasteiger partial charge < -0.3 is 9.88 Å². The van der Waals surface area contributed by atoms with Gasteiger partial charge in [-0.25, -0.2) is 0 Å². The number of carbonyl (C=O) groups excluding carboxylic acids is 1. The van der Waals surface area contributed by atoms with Gasteiger partial charge in [-0.3, -0.25) is 9.69 Å². The number of hydrogen-bond acceptors (Lipinski definition) is 4. The lowest BCUT2D eigenvalue weighted by Gasteiger charge is -2.34. The highest BCUT2D eigenvalue weighted by atomic mass is 16.2. The molecule has 26 heavy (non-hydrogen) atoms. The molecule has 136 valence electrons. The van der Waals surface area contributed by atoms with Crippen LogP contribution in [0.15, 0.2) is 30.3 Å². The van der Waals surface area contributed by atoms with Crippen LogP contribution >= 0.6 is 0 Å². The molecule has 0 radical (unpaired) electrons. The van der Waals surface area contributed by atoms with Crippen LogP contribution in [0.5, 0.6) is 0 Å². The maximum atomic E-state index is 12.6. The summed E-state index contributed by atoms with van der Waals surface area (Å²) in [5.41, 5.74) is 1.09. The first-order valence-corrected chi connectivity index (χ1v) is 9.76. The normalized spacial score (nSPS) is 25.4. The highest BCUT2D eigenvalue weighted by Gasteiger charge is 2.41. The van der Waals surface area contributed by atoms with Gasteiger partial charge in [0.05, 0.1) is 0 Å². The molecular formula is C20H25N5O. The van der Waals surface area contributed by atoms with Crippen molar-refractivity contribution in [2.24, 2.45) is 11.8 Å². The first kappa shape index (κ1) is 16.0. The van der Waals surface area contributed by atoms with E-state index in [4.69, 9.17) is 0 Å². The van der Waals surface area contributed by atoms with E-state index in [0.29, 0.717) is 24.2 Å². The molecule has 2 aromatic rings. The Morgan fingerprint density at radius 1 is 1.08 bits per heavy atom. The van der Waals surface area contributed by atoms with E-state index < -0.39 is 0 Å². The molecule has 1 aromatic heterocycles. The maximum absolute atomic E-state index is 12.6. The number of fused-ring (bicyclic) bond motifs is 2. The van der Waals surface area contributed by atoms with Crippen LogP contribution in [0.4, 0.5) is 0 Å². The average Bonchev–Trinajstić information content (AvgIpc) is 3.20. The molecule has 5 rings (SSSR count). The van der Waals surface area contributed by atoms with Crippen LogP contribution in [0, 0.1) is 11.8 Å². The van der Waals surface area contributed by atoms with Gasteiger partial charge in [-0.15, -0.1) is 10.2 Å². The molecule has 2 aliphatic heterocycles. The van der Waals surface area contributed by atoms with Crippen molar-refractivity contribution in [3.63, 3.8) is 0 Å². The van der Waals surface area contributed by atoms with E-state index in [1.165, 1.54) is 25.8 Å². The van der Waals surface area contributed by atoms with Crippen molar-refractivity contribution in [3.05, 3.63) is 47.5 Å². The summed E-state index contributed by atoms with van der Waals surface area (Å²) in [6, 6.07) is 10.8. The first-order chi connectivity index (χ1) is 12.8. The second-order valence-electron chi connectivity index (χ2n) is 7.98. The molecule has 2 atom stereocenters. The predicted molar refractivity (Wildman–Crippen MR) is 97.5 cm³/mol. The number of aromatic nitrogens is 3. The van der Waals surface area contributed by atoms with Crippen molar-refractivity contribution in [1.29, 1.82) is 0 Å². The van der Waals surface area contributed by atoms with Crippen LogP contribution in [0.1, 0.15) is 41.3 Å². The lowest BCUT2D eigenvalue weighted by atomic mass is 9.89. The minimum absolute atomic E-state index is 0.125. The number of carbonyl (C=O) groups is 1. The van der Waals surface area contributed by atoms with Crippen LogP contribution in [0.25, 0.3) is 0 Å². The fourth-order valence-electron chi connectivity index (χ4n) is 4.64. The molecule has 3 heterocycles. The molecular weight excluding hydrogens is 326 g/mol. The van der Waals surface area contributed by atoms with E-state index in [2.05, 4.69) is 25.0 Å². The van der Waals surface area contributed by atoms with Gasteiger partial charge in [-0.1, -0.05) is 36.8 Å². The summed E-state index contributed by atoms with van der Waals surface area (Å²) in [6.07, 6.45) is 5.05. The van der Waals surface area contributed by atoms with Crippen LogP contribution < -0.4 is 5.32 Å². The Balaban J connectivity index is 1.27. The van der Waals surface area contributed by atoms with E-state index in [-0.39, 0.29) is 5.91 Å². The molecule has 1 saturated carbocycles. The zero-order valence-electron chi connectivity index (χ0n) is 15.0. The molecule has 6 nitrogen and oxygen atoms in total. The molecule has 1 amide bonds. The maximum Gasteiger partial charge on any atom is 0.289 e. The molecule has 1 aliphatic carbocycles. The van der Waals surface area contributed by atoms with Gasteiger partial charge in [-0.05, 0) is 30.2 Å². The van der Waals surface area contributed by atoms with Crippen LogP contribution in [-0.2, 0) is 19.5 Å². The Labute approximate surface area is 153 Å². The average molecular weight is 351 g/mol. The van der Waals surface area contributed by atoms with Gasteiger partial charge in [0.2, 0.25) is 5.82 Å². The van der Waals surface area contributed by atoms with E-state index >= 15 is 0 Å². The quantitative estimate of drug-likeness (QED) is 0.913. The fraction of sp³-hybridized carbons (Fsp3) is 0.550. The molecule has 0 bridgehead atoms. The van der Waals surface area contributed by atoms with Crippen molar-refractivity contribution in [2.45, 2.75) is 44.8 Å². The smallest absolute Gasteiger partial charge is 0.289 e. The largest absolute Gasteiger partial charge is 0.345 e. The van der Waals surface area contributed by atoms with Gasteiger partial charge >= 0.3 is 0 Å². The highest BCUT2D eigenvalue weighted by Crippen LogP contribution is 2.37. The summed E-state index contributed by atoms with van der Waals surface area (Å²) in [4.78, 5) is 15.3. The predicted octanol–water partition coefficient (Wildman–Crippen LogP) is 1.86. The monoisotopic (exact) mass is 351 g/mol. The van der Waals surface area contributed by atoms with Crippen LogP contribution in [0.3, 0.4) is 0 Å². The Kier molecular flexibility index (Phi) is 4.00. The molecule has 1 N–H and O–H groups in total. The Morgan fingerprint density at radius 2 is 1.88 bits per heavy atom. The van der Waals surface area contributed by atoms with Crippen molar-refractivity contribution < 1.29 is 4.79 Å². The molecule has 0 spiro atoms. The Hall–Kier alpha value is -2.21. The topological polar surface area (TPSA) is 63.1 Å².